The summed E-state index contributed by atoms with van der Waals surface area (Å²) in [7, 11) is 0. The van der Waals surface area contributed by atoms with Gasteiger partial charge in [-0.25, -0.2) is 4.90 Å². The molecule has 1 saturated heterocycles. The van der Waals surface area contributed by atoms with Crippen LogP contribution in [0, 0.1) is 27.7 Å². The lowest BCUT2D eigenvalue weighted by Crippen LogP contribution is -2.27. The molecule has 30 heavy (non-hydrogen) atoms. The number of hydrogen-bond donors (Lipinski definition) is 0. The van der Waals surface area contributed by atoms with Crippen LogP contribution in [0.15, 0.2) is 57.9 Å². The predicted octanol–water partition coefficient (Wildman–Crippen LogP) is 6.71. The van der Waals surface area contributed by atoms with Crippen LogP contribution in [0.4, 0.5) is 10.5 Å². The Labute approximate surface area is 188 Å². The Balaban J connectivity index is 1.70. The predicted molar refractivity (Wildman–Crippen MR) is 127 cm³/mol. The van der Waals surface area contributed by atoms with Gasteiger partial charge < -0.3 is 4.57 Å². The van der Waals surface area contributed by atoms with E-state index in [-0.39, 0.29) is 11.1 Å². The molecular weight excluding hydrogens is 460 g/mol. The van der Waals surface area contributed by atoms with Gasteiger partial charge in [0.2, 0.25) is 0 Å². The highest BCUT2D eigenvalue weighted by Crippen LogP contribution is 2.36. The molecule has 2 heterocycles. The molecule has 0 aliphatic carbocycles. The van der Waals surface area contributed by atoms with E-state index in [1.807, 2.05) is 51.1 Å². The lowest BCUT2D eigenvalue weighted by atomic mass is 10.2. The third-order valence-electron chi connectivity index (χ3n) is 5.24. The second-order valence-corrected chi connectivity index (χ2v) is 9.30. The Hall–Kier alpha value is -2.57. The van der Waals surface area contributed by atoms with E-state index >= 15 is 0 Å². The summed E-state index contributed by atoms with van der Waals surface area (Å²) in [4.78, 5) is 27.2. The molecule has 152 valence electrons. The van der Waals surface area contributed by atoms with Gasteiger partial charge in [-0.2, -0.15) is 0 Å². The Morgan fingerprint density at radius 3 is 2.23 bits per heavy atom. The van der Waals surface area contributed by atoms with Crippen LogP contribution >= 0.6 is 27.7 Å². The van der Waals surface area contributed by atoms with Crippen molar-refractivity contribution in [3.05, 3.63) is 86.0 Å². The molecule has 4 rings (SSSR count). The molecule has 4 nitrogen and oxygen atoms in total. The first-order valence-electron chi connectivity index (χ1n) is 9.56. The zero-order valence-corrected chi connectivity index (χ0v) is 19.6. The number of hydrogen-bond acceptors (Lipinski definition) is 3. The van der Waals surface area contributed by atoms with E-state index in [9.17, 15) is 9.59 Å². The van der Waals surface area contributed by atoms with Crippen molar-refractivity contribution in [2.75, 3.05) is 4.90 Å². The molecule has 1 fully saturated rings. The van der Waals surface area contributed by atoms with E-state index in [0.717, 1.165) is 50.0 Å². The van der Waals surface area contributed by atoms with E-state index in [4.69, 9.17) is 0 Å². The molecule has 0 bridgehead atoms. The number of rotatable bonds is 3. The first kappa shape index (κ1) is 20.7. The Bertz CT molecular complexity index is 1210. The van der Waals surface area contributed by atoms with Crippen molar-refractivity contribution in [3.63, 3.8) is 0 Å². The summed E-state index contributed by atoms with van der Waals surface area (Å²) >= 11 is 4.53. The lowest BCUT2D eigenvalue weighted by Gasteiger charge is -2.12. The largest absolute Gasteiger partial charge is 0.318 e. The summed E-state index contributed by atoms with van der Waals surface area (Å²) in [5.74, 6) is -0.279. The number of aromatic nitrogens is 1. The van der Waals surface area contributed by atoms with Crippen molar-refractivity contribution in [2.45, 2.75) is 27.7 Å². The molecule has 0 spiro atoms. The van der Waals surface area contributed by atoms with Crippen LogP contribution in [-0.2, 0) is 4.79 Å². The van der Waals surface area contributed by atoms with Gasteiger partial charge in [0.1, 0.15) is 0 Å². The SMILES string of the molecule is Cc1ccc(N2C(=O)S/C(=C\c3cc(C)n(-c4ccc(Br)c(C)c4)c3C)C2=O)cc1. The maximum absolute atomic E-state index is 13.0. The van der Waals surface area contributed by atoms with Crippen molar-refractivity contribution in [2.24, 2.45) is 0 Å². The second kappa shape index (κ2) is 7.93. The molecule has 2 aromatic carbocycles. The van der Waals surface area contributed by atoms with Crippen molar-refractivity contribution in [3.8, 4) is 5.69 Å². The Morgan fingerprint density at radius 2 is 1.57 bits per heavy atom. The summed E-state index contributed by atoms with van der Waals surface area (Å²) in [6.07, 6.45) is 1.82. The number of nitrogens with zero attached hydrogens (tertiary/aromatic N) is 2. The Morgan fingerprint density at radius 1 is 0.900 bits per heavy atom. The zero-order valence-electron chi connectivity index (χ0n) is 17.2. The van der Waals surface area contributed by atoms with E-state index < -0.39 is 0 Å². The number of amides is 2. The monoisotopic (exact) mass is 480 g/mol. The number of thioether (sulfide) groups is 1. The summed E-state index contributed by atoms with van der Waals surface area (Å²) < 4.78 is 3.23. The summed E-state index contributed by atoms with van der Waals surface area (Å²) in [6, 6.07) is 15.7. The normalized spacial score (nSPS) is 15.5. The van der Waals surface area contributed by atoms with Gasteiger partial charge in [0, 0.05) is 21.5 Å². The van der Waals surface area contributed by atoms with Gasteiger partial charge in [-0.15, -0.1) is 0 Å². The number of halogens is 1. The molecule has 0 saturated carbocycles. The second-order valence-electron chi connectivity index (χ2n) is 7.45. The maximum Gasteiger partial charge on any atom is 0.298 e. The number of aryl methyl sites for hydroxylation is 3. The van der Waals surface area contributed by atoms with Crippen molar-refractivity contribution < 1.29 is 9.59 Å². The van der Waals surface area contributed by atoms with E-state index in [1.165, 1.54) is 4.90 Å². The highest BCUT2D eigenvalue weighted by Gasteiger charge is 2.36. The minimum Gasteiger partial charge on any atom is -0.318 e. The van der Waals surface area contributed by atoms with Crippen molar-refractivity contribution in [1.82, 2.24) is 4.57 Å². The highest BCUT2D eigenvalue weighted by molar-refractivity contribution is 9.10. The molecule has 3 aromatic rings. The molecule has 6 heteroatoms. The summed E-state index contributed by atoms with van der Waals surface area (Å²) in [5.41, 5.74) is 6.93. The number of anilines is 1. The molecule has 1 aliphatic heterocycles. The van der Waals surface area contributed by atoms with Gasteiger partial charge in [-0.05, 0) is 93.1 Å². The van der Waals surface area contributed by atoms with Crippen LogP contribution in [0.1, 0.15) is 28.1 Å². The fraction of sp³-hybridized carbons (Fsp3) is 0.167. The van der Waals surface area contributed by atoms with Crippen LogP contribution in [0.2, 0.25) is 0 Å². The smallest absolute Gasteiger partial charge is 0.298 e. The van der Waals surface area contributed by atoms with E-state index in [0.29, 0.717) is 10.6 Å². The molecule has 2 amide bonds. The van der Waals surface area contributed by atoms with Gasteiger partial charge in [-0.3, -0.25) is 9.59 Å². The van der Waals surface area contributed by atoms with E-state index in [2.05, 4.69) is 39.6 Å². The van der Waals surface area contributed by atoms with Gasteiger partial charge in [0.15, 0.2) is 0 Å². The molecule has 0 N–H and O–H groups in total. The van der Waals surface area contributed by atoms with Gasteiger partial charge in [0.05, 0.1) is 10.6 Å². The fourth-order valence-corrected chi connectivity index (χ4v) is 4.70. The quantitative estimate of drug-likeness (QED) is 0.391. The van der Waals surface area contributed by atoms with Gasteiger partial charge >= 0.3 is 0 Å². The zero-order chi connectivity index (χ0) is 21.6. The van der Waals surface area contributed by atoms with Crippen LogP contribution < -0.4 is 4.90 Å². The number of imide groups is 1. The third-order valence-corrected chi connectivity index (χ3v) is 7.00. The Kier molecular flexibility index (Phi) is 5.47. The third kappa shape index (κ3) is 3.66. The molecule has 0 radical (unpaired) electrons. The van der Waals surface area contributed by atoms with Crippen LogP contribution in [0.5, 0.6) is 0 Å². The maximum atomic E-state index is 13.0. The molecular formula is C24H21BrN2O2S. The average molecular weight is 481 g/mol. The minimum atomic E-state index is -0.279. The average Bonchev–Trinajstić information content (AvgIpc) is 3.13. The number of benzene rings is 2. The molecule has 1 aromatic heterocycles. The summed E-state index contributed by atoms with van der Waals surface area (Å²) in [6.45, 7) is 8.10. The summed E-state index contributed by atoms with van der Waals surface area (Å²) in [5, 5.41) is -0.271. The minimum absolute atomic E-state index is 0.271. The highest BCUT2D eigenvalue weighted by atomic mass is 79.9. The number of carbonyl (C=O) groups excluding carboxylic acids is 2. The first-order chi connectivity index (χ1) is 14.3. The van der Waals surface area contributed by atoms with Crippen LogP contribution in [0.3, 0.4) is 0 Å². The van der Waals surface area contributed by atoms with Gasteiger partial charge in [-0.1, -0.05) is 33.6 Å². The van der Waals surface area contributed by atoms with Crippen molar-refractivity contribution in [1.29, 1.82) is 0 Å². The molecule has 0 unspecified atom stereocenters. The topological polar surface area (TPSA) is 42.3 Å². The van der Waals surface area contributed by atoms with Crippen molar-refractivity contribution >= 4 is 50.6 Å². The fourth-order valence-electron chi connectivity index (χ4n) is 3.62. The van der Waals surface area contributed by atoms with Crippen LogP contribution in [0.25, 0.3) is 11.8 Å². The number of carbonyl (C=O) groups is 2. The molecule has 0 atom stereocenters. The van der Waals surface area contributed by atoms with E-state index in [1.54, 1.807) is 12.1 Å². The standard InChI is InChI=1S/C24H21BrN2O2S/c1-14-5-7-19(8-6-14)27-23(28)22(30-24(27)29)13-18-12-16(3)26(17(18)4)20-9-10-21(25)15(2)11-20/h5-13H,1-4H3/b22-13-. The first-order valence-corrected chi connectivity index (χ1v) is 11.2. The lowest BCUT2D eigenvalue weighted by molar-refractivity contribution is -0.113. The van der Waals surface area contributed by atoms with Gasteiger partial charge in [0.25, 0.3) is 11.1 Å². The van der Waals surface area contributed by atoms with Crippen LogP contribution in [-0.4, -0.2) is 15.7 Å². The molecule has 1 aliphatic rings.